The fraction of sp³-hybridized carbons (Fsp3) is 0.360. The summed E-state index contributed by atoms with van der Waals surface area (Å²) >= 11 is 0. The molecular weight excluding hydrogens is 390 g/mol. The summed E-state index contributed by atoms with van der Waals surface area (Å²) in [6.07, 6.45) is 2.89. The van der Waals surface area contributed by atoms with Crippen LogP contribution in [-0.4, -0.2) is 48.0 Å². The lowest BCUT2D eigenvalue weighted by Gasteiger charge is -2.39. The highest BCUT2D eigenvalue weighted by molar-refractivity contribution is 5.95. The Morgan fingerprint density at radius 1 is 1.06 bits per heavy atom. The number of carbonyl (C=O) groups is 2. The van der Waals surface area contributed by atoms with Crippen molar-refractivity contribution in [2.24, 2.45) is 0 Å². The Hall–Kier alpha value is -3.12. The molecule has 5 rings (SSSR count). The number of fused-ring (bicyclic) bond motifs is 1. The number of esters is 1. The van der Waals surface area contributed by atoms with E-state index in [0.717, 1.165) is 43.6 Å². The maximum atomic E-state index is 13.2. The number of benzene rings is 2. The summed E-state index contributed by atoms with van der Waals surface area (Å²) in [6.45, 7) is 2.25. The molecule has 3 aliphatic rings. The van der Waals surface area contributed by atoms with Crippen molar-refractivity contribution >= 4 is 12.0 Å². The Balaban J connectivity index is 1.55. The molecule has 0 radical (unpaired) electrons. The molecule has 1 aliphatic carbocycles. The van der Waals surface area contributed by atoms with E-state index in [4.69, 9.17) is 4.74 Å². The average Bonchev–Trinajstić information content (AvgIpc) is 3.64. The van der Waals surface area contributed by atoms with Crippen LogP contribution in [0.3, 0.4) is 0 Å². The second-order valence-corrected chi connectivity index (χ2v) is 8.48. The second kappa shape index (κ2) is 8.19. The summed E-state index contributed by atoms with van der Waals surface area (Å²) in [5, 5.41) is 3.06. The Morgan fingerprint density at radius 2 is 1.77 bits per heavy atom. The topological polar surface area (TPSA) is 61.9 Å². The van der Waals surface area contributed by atoms with E-state index in [1.54, 1.807) is 0 Å². The monoisotopic (exact) mass is 417 g/mol. The van der Waals surface area contributed by atoms with Crippen molar-refractivity contribution in [1.82, 2.24) is 15.1 Å². The third kappa shape index (κ3) is 3.83. The fourth-order valence-corrected chi connectivity index (χ4v) is 4.71. The van der Waals surface area contributed by atoms with Gasteiger partial charge in [-0.3, -0.25) is 9.80 Å². The number of hydrogen-bond donors (Lipinski definition) is 1. The zero-order valence-electron chi connectivity index (χ0n) is 17.7. The van der Waals surface area contributed by atoms with Gasteiger partial charge in [0.05, 0.1) is 18.7 Å². The van der Waals surface area contributed by atoms with Gasteiger partial charge in [0.2, 0.25) is 0 Å². The smallest absolute Gasteiger partial charge is 0.338 e. The minimum Gasteiger partial charge on any atom is -0.466 e. The number of carbonyl (C=O) groups excluding carboxylic acids is 2. The molecule has 1 unspecified atom stereocenters. The molecule has 6 heteroatoms. The third-order valence-electron chi connectivity index (χ3n) is 6.41. The van der Waals surface area contributed by atoms with Crippen molar-refractivity contribution < 1.29 is 14.3 Å². The Morgan fingerprint density at radius 3 is 2.48 bits per heavy atom. The number of rotatable bonds is 5. The summed E-state index contributed by atoms with van der Waals surface area (Å²) < 4.78 is 5.21. The first-order valence-corrected chi connectivity index (χ1v) is 10.9. The molecule has 2 aromatic rings. The zero-order chi connectivity index (χ0) is 21.4. The van der Waals surface area contributed by atoms with Gasteiger partial charge in [0, 0.05) is 31.4 Å². The first kappa shape index (κ1) is 19.8. The van der Waals surface area contributed by atoms with E-state index in [1.807, 2.05) is 35.2 Å². The summed E-state index contributed by atoms with van der Waals surface area (Å²) in [5.74, 6) is -0.382. The molecule has 1 atom stereocenters. The van der Waals surface area contributed by atoms with Gasteiger partial charge in [-0.1, -0.05) is 54.6 Å². The van der Waals surface area contributed by atoms with Crippen molar-refractivity contribution in [1.29, 1.82) is 0 Å². The highest BCUT2D eigenvalue weighted by Gasteiger charge is 2.44. The van der Waals surface area contributed by atoms with Crippen molar-refractivity contribution in [2.45, 2.75) is 37.9 Å². The van der Waals surface area contributed by atoms with E-state index >= 15 is 0 Å². The standard InChI is InChI=1S/C25H27N3O3/c1-31-24(29)22-21(16-27-14-13-17-7-5-6-10-19(17)15-27)28(20-11-12-20)25(30)26-23(22)18-8-3-2-4-9-18/h2-10,20,23H,11-16H2,1H3,(H,26,30). The van der Waals surface area contributed by atoms with Crippen LogP contribution in [0.5, 0.6) is 0 Å². The number of nitrogens with one attached hydrogen (secondary N) is 1. The highest BCUT2D eigenvalue weighted by Crippen LogP contribution is 2.38. The van der Waals surface area contributed by atoms with Crippen molar-refractivity contribution in [2.75, 3.05) is 20.2 Å². The van der Waals surface area contributed by atoms with Gasteiger partial charge in [-0.2, -0.15) is 0 Å². The summed E-state index contributed by atoms with van der Waals surface area (Å²) in [5.41, 5.74) is 4.90. The van der Waals surface area contributed by atoms with E-state index < -0.39 is 6.04 Å². The van der Waals surface area contributed by atoms with Crippen LogP contribution in [-0.2, 0) is 22.5 Å². The van der Waals surface area contributed by atoms with Gasteiger partial charge in [0.25, 0.3) is 0 Å². The van der Waals surface area contributed by atoms with Crippen LogP contribution in [0.2, 0.25) is 0 Å². The lowest BCUT2D eigenvalue weighted by molar-refractivity contribution is -0.136. The maximum Gasteiger partial charge on any atom is 0.338 e. The van der Waals surface area contributed by atoms with Gasteiger partial charge in [0.1, 0.15) is 0 Å². The third-order valence-corrected chi connectivity index (χ3v) is 6.41. The number of methoxy groups -OCH3 is 1. The molecule has 31 heavy (non-hydrogen) atoms. The molecule has 1 saturated carbocycles. The minimum atomic E-state index is -0.511. The molecule has 0 spiro atoms. The number of hydrogen-bond acceptors (Lipinski definition) is 4. The van der Waals surface area contributed by atoms with E-state index in [1.165, 1.54) is 18.2 Å². The first-order valence-electron chi connectivity index (χ1n) is 10.9. The lowest BCUT2D eigenvalue weighted by atomic mass is 9.93. The maximum absolute atomic E-state index is 13.2. The van der Waals surface area contributed by atoms with Crippen LogP contribution in [0.4, 0.5) is 4.79 Å². The van der Waals surface area contributed by atoms with Crippen molar-refractivity contribution in [3.8, 4) is 0 Å². The number of amides is 2. The molecule has 2 amide bonds. The minimum absolute atomic E-state index is 0.128. The normalized spacial score (nSPS) is 21.5. The predicted molar refractivity (Wildman–Crippen MR) is 117 cm³/mol. The van der Waals surface area contributed by atoms with Crippen molar-refractivity contribution in [3.63, 3.8) is 0 Å². The van der Waals surface area contributed by atoms with E-state index in [0.29, 0.717) is 12.1 Å². The summed E-state index contributed by atoms with van der Waals surface area (Å²) in [7, 11) is 1.41. The van der Waals surface area contributed by atoms with Crippen LogP contribution >= 0.6 is 0 Å². The first-order chi connectivity index (χ1) is 15.2. The van der Waals surface area contributed by atoms with Crippen LogP contribution < -0.4 is 5.32 Å². The molecule has 2 heterocycles. The van der Waals surface area contributed by atoms with E-state index in [2.05, 4.69) is 34.5 Å². The van der Waals surface area contributed by atoms with Gasteiger partial charge < -0.3 is 10.1 Å². The average molecular weight is 418 g/mol. The van der Waals surface area contributed by atoms with Gasteiger partial charge in [-0.05, 0) is 36.0 Å². The zero-order valence-corrected chi connectivity index (χ0v) is 17.7. The quantitative estimate of drug-likeness (QED) is 0.758. The number of nitrogens with zero attached hydrogens (tertiary/aromatic N) is 2. The van der Waals surface area contributed by atoms with E-state index in [9.17, 15) is 9.59 Å². The molecule has 2 aromatic carbocycles. The largest absolute Gasteiger partial charge is 0.466 e. The van der Waals surface area contributed by atoms with Gasteiger partial charge >= 0.3 is 12.0 Å². The van der Waals surface area contributed by atoms with Crippen LogP contribution in [0.1, 0.15) is 35.6 Å². The summed E-state index contributed by atoms with van der Waals surface area (Å²) in [6, 6.07) is 17.7. The van der Waals surface area contributed by atoms with E-state index in [-0.39, 0.29) is 18.0 Å². The Bertz CT molecular complexity index is 1030. The summed E-state index contributed by atoms with van der Waals surface area (Å²) in [4.78, 5) is 30.3. The molecular formula is C25H27N3O3. The molecule has 0 aromatic heterocycles. The molecule has 160 valence electrons. The van der Waals surface area contributed by atoms with Gasteiger partial charge in [-0.15, -0.1) is 0 Å². The molecule has 6 nitrogen and oxygen atoms in total. The number of ether oxygens (including phenoxy) is 1. The predicted octanol–water partition coefficient (Wildman–Crippen LogP) is 3.40. The molecule has 2 aliphatic heterocycles. The lowest BCUT2D eigenvalue weighted by Crippen LogP contribution is -2.52. The Kier molecular flexibility index (Phi) is 5.24. The highest BCUT2D eigenvalue weighted by atomic mass is 16.5. The molecule has 0 saturated heterocycles. The SMILES string of the molecule is COC(=O)C1=C(CN2CCc3ccccc3C2)N(C2CC2)C(=O)NC1c1ccccc1. The Labute approximate surface area is 182 Å². The fourth-order valence-electron chi connectivity index (χ4n) is 4.71. The molecule has 0 bridgehead atoms. The van der Waals surface area contributed by atoms with Crippen molar-refractivity contribution in [3.05, 3.63) is 82.6 Å². The number of urea groups is 1. The second-order valence-electron chi connectivity index (χ2n) is 8.48. The van der Waals surface area contributed by atoms with Gasteiger partial charge in [-0.25, -0.2) is 9.59 Å². The van der Waals surface area contributed by atoms with Crippen LogP contribution in [0.15, 0.2) is 65.9 Å². The van der Waals surface area contributed by atoms with Crippen LogP contribution in [0, 0.1) is 0 Å². The molecule has 1 fully saturated rings. The van der Waals surface area contributed by atoms with Crippen LogP contribution in [0.25, 0.3) is 0 Å². The molecule has 1 N–H and O–H groups in total. The van der Waals surface area contributed by atoms with Gasteiger partial charge in [0.15, 0.2) is 0 Å².